The molecule has 1 N–H and O–H groups in total. The van der Waals surface area contributed by atoms with Crippen LogP contribution in [0.5, 0.6) is 0 Å². The Kier molecular flexibility index (Phi) is 5.81. The predicted molar refractivity (Wildman–Crippen MR) is 122 cm³/mol. The van der Waals surface area contributed by atoms with Crippen LogP contribution in [0.15, 0.2) is 36.8 Å². The molecule has 3 aromatic heterocycles. The van der Waals surface area contributed by atoms with Crippen LogP contribution in [-0.4, -0.2) is 44.9 Å². The van der Waals surface area contributed by atoms with Crippen molar-refractivity contribution >= 4 is 18.1 Å². The van der Waals surface area contributed by atoms with Gasteiger partial charge in [0.2, 0.25) is 0 Å². The van der Waals surface area contributed by atoms with Crippen molar-refractivity contribution in [3.8, 4) is 11.3 Å². The quantitative estimate of drug-likeness (QED) is 0.668. The Labute approximate surface area is 186 Å². The maximum absolute atomic E-state index is 12.9. The number of nitrogens with zero attached hydrogens (tertiary/aromatic N) is 4. The average Bonchev–Trinajstić information content (AvgIpc) is 3.26. The maximum atomic E-state index is 12.9. The van der Waals surface area contributed by atoms with Crippen molar-refractivity contribution in [2.45, 2.75) is 38.1 Å². The van der Waals surface area contributed by atoms with Crippen LogP contribution >= 0.6 is 0 Å². The highest BCUT2D eigenvalue weighted by atomic mass is 16.5. The van der Waals surface area contributed by atoms with Gasteiger partial charge in [0.25, 0.3) is 5.91 Å². The van der Waals surface area contributed by atoms with Crippen LogP contribution in [0.3, 0.4) is 0 Å². The SMILES string of the molecule is Cn1cc(-c2ccc(Cc3cc(C(=O)NC4CCCOC4)nc4c3=CCCC=4)cn2)cn1. The van der Waals surface area contributed by atoms with Crippen molar-refractivity contribution in [3.63, 3.8) is 0 Å². The summed E-state index contributed by atoms with van der Waals surface area (Å²) in [5.74, 6) is -0.131. The van der Waals surface area contributed by atoms with Crippen molar-refractivity contribution in [3.05, 3.63) is 64.2 Å². The number of nitrogens with one attached hydrogen (secondary N) is 1. The van der Waals surface area contributed by atoms with Gasteiger partial charge in [-0.05, 0) is 60.6 Å². The molecule has 0 saturated carbocycles. The average molecular weight is 430 g/mol. The molecule has 1 fully saturated rings. The molecule has 1 saturated heterocycles. The Morgan fingerprint density at radius 3 is 2.91 bits per heavy atom. The smallest absolute Gasteiger partial charge is 0.270 e. The molecule has 4 heterocycles. The summed E-state index contributed by atoms with van der Waals surface area (Å²) in [4.78, 5) is 22.2. The molecule has 1 atom stereocenters. The van der Waals surface area contributed by atoms with Crippen molar-refractivity contribution in [1.82, 2.24) is 25.1 Å². The van der Waals surface area contributed by atoms with Crippen LogP contribution < -0.4 is 15.9 Å². The van der Waals surface area contributed by atoms with Crippen LogP contribution in [-0.2, 0) is 18.2 Å². The normalized spacial score (nSPS) is 17.7. The maximum Gasteiger partial charge on any atom is 0.270 e. The molecule has 32 heavy (non-hydrogen) atoms. The summed E-state index contributed by atoms with van der Waals surface area (Å²) in [6.45, 7) is 1.34. The molecular weight excluding hydrogens is 402 g/mol. The lowest BCUT2D eigenvalue weighted by molar-refractivity contribution is 0.0622. The van der Waals surface area contributed by atoms with Crippen LogP contribution in [0.2, 0.25) is 0 Å². The third kappa shape index (κ3) is 4.48. The zero-order valence-corrected chi connectivity index (χ0v) is 18.3. The summed E-state index contributed by atoms with van der Waals surface area (Å²) < 4.78 is 7.27. The molecule has 0 aromatic carbocycles. The van der Waals surface area contributed by atoms with E-state index in [1.807, 2.05) is 37.8 Å². The highest BCUT2D eigenvalue weighted by Crippen LogP contribution is 2.17. The zero-order chi connectivity index (χ0) is 21.9. The lowest BCUT2D eigenvalue weighted by Crippen LogP contribution is -2.43. The molecule has 0 radical (unpaired) electrons. The number of amides is 1. The third-order valence-corrected chi connectivity index (χ3v) is 5.97. The second-order valence-corrected chi connectivity index (χ2v) is 8.47. The van der Waals surface area contributed by atoms with E-state index < -0.39 is 0 Å². The van der Waals surface area contributed by atoms with E-state index in [1.165, 1.54) is 0 Å². The lowest BCUT2D eigenvalue weighted by atomic mass is 10.00. The molecule has 7 heteroatoms. The highest BCUT2D eigenvalue weighted by Gasteiger charge is 2.19. The molecule has 7 nitrogen and oxygen atoms in total. The van der Waals surface area contributed by atoms with Gasteiger partial charge in [-0.15, -0.1) is 0 Å². The molecule has 1 aliphatic heterocycles. The molecule has 2 aliphatic rings. The van der Waals surface area contributed by atoms with Crippen LogP contribution in [0.4, 0.5) is 0 Å². The molecular formula is C25H27N5O2. The minimum absolute atomic E-state index is 0.0531. The van der Waals surface area contributed by atoms with E-state index in [4.69, 9.17) is 4.74 Å². The second-order valence-electron chi connectivity index (χ2n) is 8.47. The van der Waals surface area contributed by atoms with Gasteiger partial charge in [-0.3, -0.25) is 14.5 Å². The molecule has 164 valence electrons. The molecule has 1 aliphatic carbocycles. The summed E-state index contributed by atoms with van der Waals surface area (Å²) in [6.07, 6.45) is 14.6. The first-order valence-corrected chi connectivity index (χ1v) is 11.2. The van der Waals surface area contributed by atoms with Gasteiger partial charge in [0, 0.05) is 31.6 Å². The number of fused-ring (bicyclic) bond motifs is 1. The predicted octanol–water partition coefficient (Wildman–Crippen LogP) is 1.73. The first kappa shape index (κ1) is 20.6. The van der Waals surface area contributed by atoms with Gasteiger partial charge in [0.05, 0.1) is 29.9 Å². The number of rotatable bonds is 5. The topological polar surface area (TPSA) is 81.9 Å². The summed E-state index contributed by atoms with van der Waals surface area (Å²) in [7, 11) is 1.90. The van der Waals surface area contributed by atoms with Crippen LogP contribution in [0, 0.1) is 0 Å². The number of aryl methyl sites for hydroxylation is 1. The summed E-state index contributed by atoms with van der Waals surface area (Å²) >= 11 is 0. The second kappa shape index (κ2) is 9.04. The zero-order valence-electron chi connectivity index (χ0n) is 18.3. The Hall–Kier alpha value is -3.32. The number of carbonyl (C=O) groups excluding carboxylic acids is 1. The standard InChI is InChI=1S/C25H27N5O2/c1-30-15-19(14-27-30)22-9-8-17(13-26-22)11-18-12-24(29-23-7-3-2-6-21(18)23)25(31)28-20-5-4-10-32-16-20/h6-9,12-15,20H,2-5,10-11,16H2,1H3,(H,28,31). The molecule has 3 aromatic rings. The van der Waals surface area contributed by atoms with E-state index in [-0.39, 0.29) is 11.9 Å². The van der Waals surface area contributed by atoms with E-state index in [1.54, 1.807) is 4.68 Å². The largest absolute Gasteiger partial charge is 0.379 e. The highest BCUT2D eigenvalue weighted by molar-refractivity contribution is 5.92. The van der Waals surface area contributed by atoms with Gasteiger partial charge in [-0.1, -0.05) is 18.2 Å². The fraction of sp³-hybridized carbons (Fsp3) is 0.360. The van der Waals surface area contributed by atoms with E-state index >= 15 is 0 Å². The number of hydrogen-bond donors (Lipinski definition) is 1. The first-order valence-electron chi connectivity index (χ1n) is 11.2. The number of pyridine rings is 2. The van der Waals surface area contributed by atoms with Gasteiger partial charge in [-0.2, -0.15) is 5.10 Å². The summed E-state index contributed by atoms with van der Waals surface area (Å²) in [6, 6.07) is 6.10. The lowest BCUT2D eigenvalue weighted by Gasteiger charge is -2.23. The fourth-order valence-electron chi connectivity index (χ4n) is 4.32. The van der Waals surface area contributed by atoms with Gasteiger partial charge in [0.1, 0.15) is 5.69 Å². The fourth-order valence-corrected chi connectivity index (χ4v) is 4.32. The van der Waals surface area contributed by atoms with E-state index in [2.05, 4.69) is 38.6 Å². The van der Waals surface area contributed by atoms with Gasteiger partial charge < -0.3 is 10.1 Å². The molecule has 1 amide bonds. The van der Waals surface area contributed by atoms with Crippen molar-refractivity contribution in [2.24, 2.45) is 7.05 Å². The van der Waals surface area contributed by atoms with Gasteiger partial charge in [-0.25, -0.2) is 4.98 Å². The number of ether oxygens (including phenoxy) is 1. The van der Waals surface area contributed by atoms with Crippen LogP contribution in [0.1, 0.15) is 47.3 Å². The van der Waals surface area contributed by atoms with Crippen molar-refractivity contribution in [1.29, 1.82) is 0 Å². The third-order valence-electron chi connectivity index (χ3n) is 5.97. The van der Waals surface area contributed by atoms with E-state index in [0.717, 1.165) is 65.2 Å². The number of aromatic nitrogens is 4. The Bertz CT molecular complexity index is 1240. The summed E-state index contributed by atoms with van der Waals surface area (Å²) in [5, 5.41) is 9.34. The first-order chi connectivity index (χ1) is 15.7. The monoisotopic (exact) mass is 429 g/mol. The Morgan fingerprint density at radius 1 is 1.25 bits per heavy atom. The molecule has 0 bridgehead atoms. The minimum atomic E-state index is -0.131. The molecule has 1 unspecified atom stereocenters. The Balaban J connectivity index is 1.41. The van der Waals surface area contributed by atoms with Gasteiger partial charge in [0.15, 0.2) is 0 Å². The van der Waals surface area contributed by atoms with E-state index in [0.29, 0.717) is 18.7 Å². The summed E-state index contributed by atoms with van der Waals surface area (Å²) in [5.41, 5.74) is 4.56. The number of carbonyl (C=O) groups is 1. The molecule has 0 spiro atoms. The van der Waals surface area contributed by atoms with Gasteiger partial charge >= 0.3 is 0 Å². The van der Waals surface area contributed by atoms with E-state index in [9.17, 15) is 4.79 Å². The Morgan fingerprint density at radius 2 is 2.16 bits per heavy atom. The van der Waals surface area contributed by atoms with Crippen molar-refractivity contribution in [2.75, 3.05) is 13.2 Å². The molecule has 5 rings (SSSR count). The minimum Gasteiger partial charge on any atom is -0.379 e. The van der Waals surface area contributed by atoms with Crippen molar-refractivity contribution < 1.29 is 9.53 Å². The van der Waals surface area contributed by atoms with Crippen LogP contribution in [0.25, 0.3) is 23.4 Å². The number of hydrogen-bond acceptors (Lipinski definition) is 5.